The number of carbonyl (C=O) groups excluding carboxylic acids is 2. The number of urea groups is 1. The Balaban J connectivity index is 1.12. The number of aliphatic imine (C=N–C) groups is 1. The summed E-state index contributed by atoms with van der Waals surface area (Å²) in [5.41, 5.74) is 0.805. The summed E-state index contributed by atoms with van der Waals surface area (Å²) in [5.74, 6) is 1.53. The van der Waals surface area contributed by atoms with Gasteiger partial charge < -0.3 is 20.2 Å². The molecule has 32 heavy (non-hydrogen) atoms. The van der Waals surface area contributed by atoms with Crippen LogP contribution in [-0.2, 0) is 4.79 Å². The van der Waals surface area contributed by atoms with Crippen molar-refractivity contribution in [2.24, 2.45) is 10.9 Å². The van der Waals surface area contributed by atoms with Gasteiger partial charge in [0.15, 0.2) is 5.01 Å². The van der Waals surface area contributed by atoms with E-state index in [4.69, 9.17) is 10.00 Å². The van der Waals surface area contributed by atoms with E-state index in [1.54, 1.807) is 6.21 Å². The molecule has 2 aliphatic rings. The third-order valence-electron chi connectivity index (χ3n) is 5.59. The summed E-state index contributed by atoms with van der Waals surface area (Å²) in [6.07, 6.45) is 6.16. The summed E-state index contributed by atoms with van der Waals surface area (Å²) in [5, 5.41) is 15.8. The molecule has 0 saturated carbocycles. The van der Waals surface area contributed by atoms with E-state index in [2.05, 4.69) is 26.7 Å². The van der Waals surface area contributed by atoms with E-state index in [0.717, 1.165) is 53.7 Å². The van der Waals surface area contributed by atoms with E-state index in [0.29, 0.717) is 23.4 Å². The van der Waals surface area contributed by atoms with Crippen LogP contribution < -0.4 is 15.4 Å². The number of nitriles is 1. The summed E-state index contributed by atoms with van der Waals surface area (Å²) in [7, 11) is 0. The molecule has 2 aliphatic heterocycles. The second-order valence-electron chi connectivity index (χ2n) is 7.87. The van der Waals surface area contributed by atoms with Crippen molar-refractivity contribution < 1.29 is 14.3 Å². The van der Waals surface area contributed by atoms with Crippen molar-refractivity contribution in [3.8, 4) is 11.8 Å². The van der Waals surface area contributed by atoms with Crippen LogP contribution in [0.3, 0.4) is 0 Å². The average Bonchev–Trinajstić information content (AvgIpc) is 3.48. The first kappa shape index (κ1) is 22.6. The highest BCUT2D eigenvalue weighted by atomic mass is 32.2. The molecule has 2 saturated heterocycles. The van der Waals surface area contributed by atoms with Crippen LogP contribution in [0.15, 0.2) is 23.2 Å². The third kappa shape index (κ3) is 5.58. The predicted octanol–water partition coefficient (Wildman–Crippen LogP) is 3.16. The lowest BCUT2D eigenvalue weighted by Gasteiger charge is -2.16. The molecule has 168 valence electrons. The predicted molar refractivity (Wildman–Crippen MR) is 127 cm³/mol. The van der Waals surface area contributed by atoms with Crippen molar-refractivity contribution in [2.75, 3.05) is 18.9 Å². The molecule has 2 N–H and O–H groups in total. The SMILES string of the molecule is N#Cc1nc2ccc(OCCC/N=C/C(C=O)CCC[C@@H]3SC[C@@H]4NC(=O)N[C@@H]43)cc2s1. The van der Waals surface area contributed by atoms with Crippen LogP contribution in [0.25, 0.3) is 10.2 Å². The Labute approximate surface area is 194 Å². The molecule has 10 heteroatoms. The van der Waals surface area contributed by atoms with Gasteiger partial charge in [-0.05, 0) is 31.0 Å². The maximum Gasteiger partial charge on any atom is 0.315 e. The standard InChI is InChI=1S/C22H25N5O3S2/c23-10-20-25-16-6-5-15(9-19(16)32-20)30-8-2-7-24-11-14(12-28)3-1-4-18-21-17(13-31-18)26-22(29)27-21/h5-6,9,11-12,14,17-18,21H,1-4,7-8,13H2,(H2,26,27,29)/b24-11+/t14?,17-,18-,21-/m0/s1. The first-order valence-corrected chi connectivity index (χ1v) is 12.6. The molecule has 1 unspecified atom stereocenters. The normalized spacial score (nSPS) is 23.0. The van der Waals surface area contributed by atoms with Gasteiger partial charge >= 0.3 is 6.03 Å². The number of amides is 2. The van der Waals surface area contributed by atoms with Gasteiger partial charge in [0.05, 0.1) is 28.9 Å². The van der Waals surface area contributed by atoms with Crippen molar-refractivity contribution >= 4 is 51.8 Å². The molecule has 0 aliphatic carbocycles. The first-order chi connectivity index (χ1) is 15.7. The largest absolute Gasteiger partial charge is 0.493 e. The number of aromatic nitrogens is 1. The van der Waals surface area contributed by atoms with Crippen molar-refractivity contribution in [1.82, 2.24) is 15.6 Å². The number of aldehydes is 1. The molecule has 2 aromatic rings. The van der Waals surface area contributed by atoms with Gasteiger partial charge in [-0.2, -0.15) is 17.0 Å². The van der Waals surface area contributed by atoms with Gasteiger partial charge in [0.25, 0.3) is 0 Å². The fourth-order valence-electron chi connectivity index (χ4n) is 3.97. The number of carbonyl (C=O) groups is 2. The second-order valence-corrected chi connectivity index (χ2v) is 10.2. The highest BCUT2D eigenvalue weighted by Crippen LogP contribution is 2.33. The van der Waals surface area contributed by atoms with Gasteiger partial charge in [-0.25, -0.2) is 9.78 Å². The van der Waals surface area contributed by atoms with Crippen LogP contribution in [-0.4, -0.2) is 59.8 Å². The van der Waals surface area contributed by atoms with Gasteiger partial charge in [0, 0.05) is 36.1 Å². The molecule has 4 rings (SSSR count). The Kier molecular flexibility index (Phi) is 7.60. The van der Waals surface area contributed by atoms with Gasteiger partial charge in [-0.1, -0.05) is 6.42 Å². The smallest absolute Gasteiger partial charge is 0.315 e. The molecule has 4 atom stereocenters. The molecule has 0 radical (unpaired) electrons. The highest BCUT2D eigenvalue weighted by molar-refractivity contribution is 8.00. The Morgan fingerprint density at radius 3 is 3.12 bits per heavy atom. The van der Waals surface area contributed by atoms with Crippen LogP contribution in [0, 0.1) is 17.2 Å². The summed E-state index contributed by atoms with van der Waals surface area (Å²) in [4.78, 5) is 31.4. The number of fused-ring (bicyclic) bond motifs is 2. The average molecular weight is 472 g/mol. The lowest BCUT2D eigenvalue weighted by atomic mass is 9.99. The van der Waals surface area contributed by atoms with Gasteiger partial charge in [-0.15, -0.1) is 11.3 Å². The monoisotopic (exact) mass is 471 g/mol. The third-order valence-corrected chi connectivity index (χ3v) is 8.02. The molecule has 8 nitrogen and oxygen atoms in total. The van der Waals surface area contributed by atoms with Gasteiger partial charge in [-0.3, -0.25) is 4.99 Å². The maximum absolute atomic E-state index is 11.5. The number of rotatable bonds is 11. The number of hydrogen-bond acceptors (Lipinski definition) is 8. The molecule has 1 aromatic carbocycles. The molecule has 1 aromatic heterocycles. The van der Waals surface area contributed by atoms with Crippen LogP contribution in [0.4, 0.5) is 4.79 Å². The maximum atomic E-state index is 11.5. The van der Waals surface area contributed by atoms with E-state index >= 15 is 0 Å². The van der Waals surface area contributed by atoms with E-state index in [1.165, 1.54) is 11.3 Å². The molecule has 3 heterocycles. The summed E-state index contributed by atoms with van der Waals surface area (Å²) in [6, 6.07) is 8.05. The zero-order chi connectivity index (χ0) is 22.3. The fraction of sp³-hybridized carbons (Fsp3) is 0.500. The molecule has 0 bridgehead atoms. The summed E-state index contributed by atoms with van der Waals surface area (Å²) < 4.78 is 6.70. The fourth-order valence-corrected chi connectivity index (χ4v) is 6.31. The van der Waals surface area contributed by atoms with Crippen molar-refractivity contribution in [3.05, 3.63) is 23.2 Å². The number of ether oxygens (including phenoxy) is 1. The minimum atomic E-state index is -0.169. The number of hydrogen-bond donors (Lipinski definition) is 2. The molecule has 0 spiro atoms. The minimum absolute atomic E-state index is 0.0654. The van der Waals surface area contributed by atoms with Crippen LogP contribution in [0.5, 0.6) is 5.75 Å². The van der Waals surface area contributed by atoms with Gasteiger partial charge in [0.1, 0.15) is 18.1 Å². The van der Waals surface area contributed by atoms with Crippen LogP contribution >= 0.6 is 23.1 Å². The highest BCUT2D eigenvalue weighted by Gasteiger charge is 2.42. The van der Waals surface area contributed by atoms with Crippen molar-refractivity contribution in [2.45, 2.75) is 43.0 Å². The molecular weight excluding hydrogens is 446 g/mol. The number of benzene rings is 1. The van der Waals surface area contributed by atoms with Crippen LogP contribution in [0.2, 0.25) is 0 Å². The Morgan fingerprint density at radius 2 is 2.28 bits per heavy atom. The lowest BCUT2D eigenvalue weighted by molar-refractivity contribution is -0.109. The number of thioether (sulfide) groups is 1. The van der Waals surface area contributed by atoms with E-state index in [1.807, 2.05) is 30.0 Å². The summed E-state index contributed by atoms with van der Waals surface area (Å²) >= 11 is 3.25. The number of nitrogens with zero attached hydrogens (tertiary/aromatic N) is 3. The Morgan fingerprint density at radius 1 is 1.38 bits per heavy atom. The molecular formula is C22H25N5O3S2. The topological polar surface area (TPSA) is 116 Å². The number of nitrogens with one attached hydrogen (secondary N) is 2. The second kappa shape index (κ2) is 10.8. The van der Waals surface area contributed by atoms with Crippen LogP contribution in [0.1, 0.15) is 30.7 Å². The quantitative estimate of drug-likeness (QED) is 0.225. The summed E-state index contributed by atoms with van der Waals surface area (Å²) in [6.45, 7) is 1.13. The zero-order valence-corrected chi connectivity index (χ0v) is 19.2. The molecule has 2 amide bonds. The Hall–Kier alpha value is -2.64. The van der Waals surface area contributed by atoms with Crippen molar-refractivity contribution in [3.63, 3.8) is 0 Å². The van der Waals surface area contributed by atoms with E-state index in [-0.39, 0.29) is 24.0 Å². The zero-order valence-electron chi connectivity index (χ0n) is 17.5. The molecule has 2 fully saturated rings. The number of thiazole rings is 1. The lowest BCUT2D eigenvalue weighted by Crippen LogP contribution is -2.36. The van der Waals surface area contributed by atoms with Crippen molar-refractivity contribution in [1.29, 1.82) is 5.26 Å². The van der Waals surface area contributed by atoms with E-state index < -0.39 is 0 Å². The van der Waals surface area contributed by atoms with E-state index in [9.17, 15) is 9.59 Å². The van der Waals surface area contributed by atoms with Gasteiger partial charge in [0.2, 0.25) is 0 Å². The minimum Gasteiger partial charge on any atom is -0.493 e. The first-order valence-electron chi connectivity index (χ1n) is 10.7. The Bertz CT molecular complexity index is 1030.